The van der Waals surface area contributed by atoms with Crippen LogP contribution >= 0.6 is 0 Å². The summed E-state index contributed by atoms with van der Waals surface area (Å²) in [6.45, 7) is 4.89. The lowest BCUT2D eigenvalue weighted by Crippen LogP contribution is -2.37. The van der Waals surface area contributed by atoms with Crippen molar-refractivity contribution in [2.75, 3.05) is 6.54 Å². The minimum Gasteiger partial charge on any atom is -0.350 e. The van der Waals surface area contributed by atoms with E-state index in [1.165, 1.54) is 5.56 Å². The molecule has 0 spiro atoms. The number of fused-ring (bicyclic) bond motifs is 1. The van der Waals surface area contributed by atoms with E-state index in [1.54, 1.807) is 12.1 Å². The third kappa shape index (κ3) is 2.60. The van der Waals surface area contributed by atoms with Gasteiger partial charge in [0.1, 0.15) is 0 Å². The Bertz CT molecular complexity index is 1040. The van der Waals surface area contributed by atoms with Crippen LogP contribution < -0.4 is 10.9 Å². The van der Waals surface area contributed by atoms with Crippen LogP contribution in [-0.2, 0) is 5.41 Å². The molecular formula is C21H21N3O2. The molecule has 5 heteroatoms. The van der Waals surface area contributed by atoms with Gasteiger partial charge in [-0.15, -0.1) is 0 Å². The summed E-state index contributed by atoms with van der Waals surface area (Å²) in [7, 11) is 0. The van der Waals surface area contributed by atoms with E-state index in [-0.39, 0.29) is 16.5 Å². The number of amides is 1. The lowest BCUT2D eigenvalue weighted by atomic mass is 9.88. The number of carbonyl (C=O) groups is 1. The van der Waals surface area contributed by atoms with E-state index in [0.29, 0.717) is 17.6 Å². The van der Waals surface area contributed by atoms with Crippen LogP contribution in [-0.4, -0.2) is 22.4 Å². The minimum atomic E-state index is -0.468. The lowest BCUT2D eigenvalue weighted by Gasteiger charge is -2.21. The van der Waals surface area contributed by atoms with Gasteiger partial charge in [0.05, 0.1) is 11.0 Å². The second kappa shape index (κ2) is 5.80. The fraction of sp³-hybridized carbons (Fsp3) is 0.286. The van der Waals surface area contributed by atoms with Crippen LogP contribution in [0.5, 0.6) is 0 Å². The third-order valence-electron chi connectivity index (χ3n) is 5.61. The van der Waals surface area contributed by atoms with Crippen molar-refractivity contribution in [3.8, 4) is 0 Å². The van der Waals surface area contributed by atoms with Gasteiger partial charge in [-0.2, -0.15) is 0 Å². The number of hydrogen-bond acceptors (Lipinski definition) is 3. The molecule has 1 aliphatic carbocycles. The molecule has 1 aliphatic rings. The molecule has 0 radical (unpaired) electrons. The Kier molecular flexibility index (Phi) is 3.68. The fourth-order valence-electron chi connectivity index (χ4n) is 3.86. The van der Waals surface area contributed by atoms with E-state index in [9.17, 15) is 9.59 Å². The Hall–Kier alpha value is -2.95. The van der Waals surface area contributed by atoms with E-state index >= 15 is 0 Å². The largest absolute Gasteiger partial charge is 0.350 e. The van der Waals surface area contributed by atoms with E-state index in [1.807, 2.05) is 30.3 Å². The predicted molar refractivity (Wildman–Crippen MR) is 101 cm³/mol. The normalized spacial score (nSPS) is 20.7. The molecule has 1 saturated carbocycles. The minimum absolute atomic E-state index is 0.0923. The Morgan fingerprint density at radius 3 is 2.46 bits per heavy atom. The van der Waals surface area contributed by atoms with Crippen LogP contribution in [0.25, 0.3) is 11.0 Å². The molecule has 1 unspecified atom stereocenters. The Balaban J connectivity index is 1.59. The van der Waals surface area contributed by atoms with Gasteiger partial charge in [0.25, 0.3) is 11.5 Å². The van der Waals surface area contributed by atoms with Crippen molar-refractivity contribution in [3.63, 3.8) is 0 Å². The van der Waals surface area contributed by atoms with Crippen molar-refractivity contribution in [1.82, 2.24) is 15.3 Å². The summed E-state index contributed by atoms with van der Waals surface area (Å²) < 4.78 is 0. The van der Waals surface area contributed by atoms with Gasteiger partial charge in [-0.25, -0.2) is 4.98 Å². The summed E-state index contributed by atoms with van der Waals surface area (Å²) in [4.78, 5) is 31.8. The number of H-pyrrole nitrogens is 1. The van der Waals surface area contributed by atoms with Crippen LogP contribution in [0.3, 0.4) is 0 Å². The van der Waals surface area contributed by atoms with Crippen molar-refractivity contribution in [3.05, 3.63) is 76.2 Å². The maximum atomic E-state index is 12.6. The quantitative estimate of drug-likeness (QED) is 0.762. The van der Waals surface area contributed by atoms with E-state index < -0.39 is 11.5 Å². The smallest absolute Gasteiger partial charge is 0.280 e. The molecule has 1 aromatic heterocycles. The van der Waals surface area contributed by atoms with Crippen molar-refractivity contribution in [1.29, 1.82) is 0 Å². The maximum Gasteiger partial charge on any atom is 0.280 e. The fourth-order valence-corrected chi connectivity index (χ4v) is 3.86. The second-order valence-corrected chi connectivity index (χ2v) is 7.62. The zero-order chi connectivity index (χ0) is 18.4. The molecular weight excluding hydrogens is 326 g/mol. The van der Waals surface area contributed by atoms with Gasteiger partial charge in [0.15, 0.2) is 5.69 Å². The highest BCUT2D eigenvalue weighted by Gasteiger charge is 2.61. The Labute approximate surface area is 151 Å². The number of aromatic nitrogens is 2. The number of rotatable bonds is 4. The van der Waals surface area contributed by atoms with E-state index in [2.05, 4.69) is 41.3 Å². The number of benzene rings is 2. The van der Waals surface area contributed by atoms with Crippen molar-refractivity contribution >= 4 is 16.9 Å². The highest BCUT2D eigenvalue weighted by atomic mass is 16.2. The number of hydrogen-bond donors (Lipinski definition) is 2. The molecule has 3 aromatic rings. The molecule has 1 heterocycles. The molecule has 4 rings (SSSR count). The van der Waals surface area contributed by atoms with Crippen molar-refractivity contribution in [2.24, 2.45) is 5.41 Å². The number of aromatic amines is 1. The number of nitrogens with zero attached hydrogens (tertiary/aromatic N) is 1. The van der Waals surface area contributed by atoms with Gasteiger partial charge >= 0.3 is 0 Å². The molecule has 1 fully saturated rings. The first-order chi connectivity index (χ1) is 12.4. The second-order valence-electron chi connectivity index (χ2n) is 7.62. The molecule has 26 heavy (non-hydrogen) atoms. The van der Waals surface area contributed by atoms with Crippen LogP contribution in [0.4, 0.5) is 0 Å². The van der Waals surface area contributed by atoms with Crippen molar-refractivity contribution < 1.29 is 4.79 Å². The van der Waals surface area contributed by atoms with Gasteiger partial charge in [0.2, 0.25) is 0 Å². The van der Waals surface area contributed by atoms with Gasteiger partial charge in [-0.1, -0.05) is 56.3 Å². The summed E-state index contributed by atoms with van der Waals surface area (Å²) in [6, 6.07) is 17.4. The van der Waals surface area contributed by atoms with E-state index in [0.717, 1.165) is 6.42 Å². The standard InChI is InChI=1S/C21H21N3O2/c1-20(2)12-21(20,14-8-4-3-5-9-14)13-22-18(25)17-19(26)24-16-11-7-6-10-15(16)23-17/h3-11H,12-13H2,1-2H3,(H,22,25)(H,24,26). The van der Waals surface area contributed by atoms with Crippen LogP contribution in [0.2, 0.25) is 0 Å². The topological polar surface area (TPSA) is 74.8 Å². The Morgan fingerprint density at radius 1 is 1.12 bits per heavy atom. The van der Waals surface area contributed by atoms with Gasteiger partial charge in [0, 0.05) is 12.0 Å². The molecule has 1 atom stereocenters. The summed E-state index contributed by atoms with van der Waals surface area (Å²) in [5.74, 6) is -0.435. The molecule has 0 bridgehead atoms. The molecule has 2 N–H and O–H groups in total. The van der Waals surface area contributed by atoms with Gasteiger partial charge in [-0.05, 0) is 29.5 Å². The first-order valence-corrected chi connectivity index (χ1v) is 8.76. The lowest BCUT2D eigenvalue weighted by molar-refractivity contribution is 0.0941. The van der Waals surface area contributed by atoms with Gasteiger partial charge in [-0.3, -0.25) is 9.59 Å². The predicted octanol–water partition coefficient (Wildman–Crippen LogP) is 3.02. The molecule has 5 nitrogen and oxygen atoms in total. The first-order valence-electron chi connectivity index (χ1n) is 8.76. The SMILES string of the molecule is CC1(C)CC1(CNC(=O)c1nc2ccccc2[nH]c1=O)c1ccccc1. The van der Waals surface area contributed by atoms with Gasteiger partial charge < -0.3 is 10.3 Å². The number of carbonyl (C=O) groups excluding carboxylic acids is 1. The summed E-state index contributed by atoms with van der Waals surface area (Å²) in [6.07, 6.45) is 0.992. The first kappa shape index (κ1) is 16.5. The maximum absolute atomic E-state index is 12.6. The summed E-state index contributed by atoms with van der Waals surface area (Å²) in [5.41, 5.74) is 1.87. The highest BCUT2D eigenvalue weighted by molar-refractivity contribution is 5.93. The zero-order valence-corrected chi connectivity index (χ0v) is 14.9. The average Bonchev–Trinajstić information content (AvgIpc) is 3.22. The summed E-state index contributed by atoms with van der Waals surface area (Å²) >= 11 is 0. The molecule has 132 valence electrons. The molecule has 2 aromatic carbocycles. The van der Waals surface area contributed by atoms with Crippen LogP contribution in [0, 0.1) is 5.41 Å². The van der Waals surface area contributed by atoms with E-state index in [4.69, 9.17) is 0 Å². The third-order valence-corrected chi connectivity index (χ3v) is 5.61. The zero-order valence-electron chi connectivity index (χ0n) is 14.9. The number of nitrogens with one attached hydrogen (secondary N) is 2. The Morgan fingerprint density at radius 2 is 1.77 bits per heavy atom. The van der Waals surface area contributed by atoms with Crippen LogP contribution in [0.15, 0.2) is 59.4 Å². The summed E-state index contributed by atoms with van der Waals surface area (Å²) in [5, 5.41) is 2.94. The average molecular weight is 347 g/mol. The molecule has 0 aliphatic heterocycles. The highest BCUT2D eigenvalue weighted by Crippen LogP contribution is 2.63. The molecule has 1 amide bonds. The van der Waals surface area contributed by atoms with Crippen molar-refractivity contribution in [2.45, 2.75) is 25.7 Å². The number of para-hydroxylation sites is 2. The molecule has 0 saturated heterocycles. The monoisotopic (exact) mass is 347 g/mol. The van der Waals surface area contributed by atoms with Crippen LogP contribution in [0.1, 0.15) is 36.3 Å².